The SMILES string of the molecule is COc1ccc([C@@H]2SCCN2C(=O)c2ccc(C(F)(F)F)cc2)c(OC)c1. The highest BCUT2D eigenvalue weighted by Gasteiger charge is 2.34. The molecule has 0 bridgehead atoms. The Morgan fingerprint density at radius 1 is 1.11 bits per heavy atom. The number of rotatable bonds is 4. The first-order chi connectivity index (χ1) is 12.8. The van der Waals surface area contributed by atoms with Crippen LogP contribution in [-0.4, -0.2) is 37.3 Å². The van der Waals surface area contributed by atoms with Crippen molar-refractivity contribution in [1.29, 1.82) is 0 Å². The van der Waals surface area contributed by atoms with Gasteiger partial charge in [0.25, 0.3) is 5.91 Å². The average molecular weight is 397 g/mol. The van der Waals surface area contributed by atoms with Gasteiger partial charge in [-0.25, -0.2) is 0 Å². The molecule has 0 aromatic heterocycles. The molecule has 1 heterocycles. The van der Waals surface area contributed by atoms with E-state index in [1.54, 1.807) is 43.0 Å². The molecule has 3 rings (SSSR count). The van der Waals surface area contributed by atoms with Crippen LogP contribution >= 0.6 is 11.8 Å². The first-order valence-corrected chi connectivity index (χ1v) is 9.22. The Bertz CT molecular complexity index is 824. The third kappa shape index (κ3) is 4.00. The molecule has 0 N–H and O–H groups in total. The molecule has 0 radical (unpaired) electrons. The van der Waals surface area contributed by atoms with Crippen molar-refractivity contribution in [3.63, 3.8) is 0 Å². The van der Waals surface area contributed by atoms with E-state index in [1.165, 1.54) is 12.1 Å². The van der Waals surface area contributed by atoms with Crippen LogP contribution in [0.25, 0.3) is 0 Å². The smallest absolute Gasteiger partial charge is 0.416 e. The van der Waals surface area contributed by atoms with Gasteiger partial charge in [-0.15, -0.1) is 11.8 Å². The van der Waals surface area contributed by atoms with Gasteiger partial charge in [0.05, 0.1) is 19.8 Å². The zero-order valence-corrected chi connectivity index (χ0v) is 15.6. The van der Waals surface area contributed by atoms with Crippen molar-refractivity contribution < 1.29 is 27.4 Å². The molecule has 1 aliphatic heterocycles. The number of hydrogen-bond acceptors (Lipinski definition) is 4. The fraction of sp³-hybridized carbons (Fsp3) is 0.316. The molecule has 1 amide bonds. The summed E-state index contributed by atoms with van der Waals surface area (Å²) < 4.78 is 48.8. The summed E-state index contributed by atoms with van der Waals surface area (Å²) >= 11 is 1.58. The molecule has 4 nitrogen and oxygen atoms in total. The van der Waals surface area contributed by atoms with Gasteiger partial charge in [0.1, 0.15) is 16.9 Å². The molecule has 2 aromatic carbocycles. The highest BCUT2D eigenvalue weighted by Crippen LogP contribution is 2.43. The summed E-state index contributed by atoms with van der Waals surface area (Å²) in [5.41, 5.74) is 0.271. The summed E-state index contributed by atoms with van der Waals surface area (Å²) in [7, 11) is 3.10. The fourth-order valence-corrected chi connectivity index (χ4v) is 4.21. The summed E-state index contributed by atoms with van der Waals surface area (Å²) in [6.07, 6.45) is -4.43. The second-order valence-corrected chi connectivity index (χ2v) is 7.09. The van der Waals surface area contributed by atoms with E-state index in [4.69, 9.17) is 9.47 Å². The molecule has 2 aromatic rings. The number of thioether (sulfide) groups is 1. The lowest BCUT2D eigenvalue weighted by molar-refractivity contribution is -0.137. The second-order valence-electron chi connectivity index (χ2n) is 5.90. The maximum Gasteiger partial charge on any atom is 0.416 e. The Morgan fingerprint density at radius 3 is 2.41 bits per heavy atom. The lowest BCUT2D eigenvalue weighted by Crippen LogP contribution is -2.30. The van der Waals surface area contributed by atoms with Crippen LogP contribution in [0.3, 0.4) is 0 Å². The minimum Gasteiger partial charge on any atom is -0.497 e. The summed E-state index contributed by atoms with van der Waals surface area (Å²) in [4.78, 5) is 14.5. The Balaban J connectivity index is 1.87. The van der Waals surface area contributed by atoms with E-state index in [-0.39, 0.29) is 16.8 Å². The van der Waals surface area contributed by atoms with E-state index in [2.05, 4.69) is 0 Å². The number of benzene rings is 2. The number of amides is 1. The monoisotopic (exact) mass is 397 g/mol. The van der Waals surface area contributed by atoms with Crippen molar-refractivity contribution in [2.24, 2.45) is 0 Å². The van der Waals surface area contributed by atoms with Crippen LogP contribution in [-0.2, 0) is 6.18 Å². The number of halogens is 3. The molecule has 0 aliphatic carbocycles. The quantitative estimate of drug-likeness (QED) is 0.755. The zero-order valence-electron chi connectivity index (χ0n) is 14.7. The molecular weight excluding hydrogens is 379 g/mol. The molecule has 144 valence electrons. The molecule has 1 atom stereocenters. The minimum atomic E-state index is -4.43. The number of methoxy groups -OCH3 is 2. The van der Waals surface area contributed by atoms with Crippen LogP contribution in [0.2, 0.25) is 0 Å². The van der Waals surface area contributed by atoms with Gasteiger partial charge in [-0.05, 0) is 36.4 Å². The number of ether oxygens (including phenoxy) is 2. The van der Waals surface area contributed by atoms with Crippen LogP contribution < -0.4 is 9.47 Å². The van der Waals surface area contributed by atoms with Gasteiger partial charge in [-0.2, -0.15) is 13.2 Å². The van der Waals surface area contributed by atoms with Crippen molar-refractivity contribution in [1.82, 2.24) is 4.90 Å². The highest BCUT2D eigenvalue weighted by molar-refractivity contribution is 7.99. The molecule has 1 saturated heterocycles. The number of carbonyl (C=O) groups excluding carboxylic acids is 1. The van der Waals surface area contributed by atoms with Crippen LogP contribution in [0.15, 0.2) is 42.5 Å². The Kier molecular flexibility index (Phi) is 5.55. The summed E-state index contributed by atoms with van der Waals surface area (Å²) in [5.74, 6) is 1.65. The predicted molar refractivity (Wildman–Crippen MR) is 97.2 cm³/mol. The summed E-state index contributed by atoms with van der Waals surface area (Å²) in [5, 5.41) is -0.277. The largest absolute Gasteiger partial charge is 0.497 e. The Hall–Kier alpha value is -2.35. The second kappa shape index (κ2) is 7.72. The fourth-order valence-electron chi connectivity index (χ4n) is 2.93. The molecule has 1 aliphatic rings. The van der Waals surface area contributed by atoms with Crippen LogP contribution in [0.4, 0.5) is 13.2 Å². The van der Waals surface area contributed by atoms with Gasteiger partial charge in [-0.1, -0.05) is 0 Å². The van der Waals surface area contributed by atoms with Crippen molar-refractivity contribution in [2.45, 2.75) is 11.6 Å². The summed E-state index contributed by atoms with van der Waals surface area (Å²) in [6, 6.07) is 9.67. The summed E-state index contributed by atoms with van der Waals surface area (Å²) in [6.45, 7) is 0.504. The molecule has 0 unspecified atom stereocenters. The van der Waals surface area contributed by atoms with Gasteiger partial charge in [-0.3, -0.25) is 4.79 Å². The van der Waals surface area contributed by atoms with E-state index in [0.29, 0.717) is 18.0 Å². The number of carbonyl (C=O) groups is 1. The lowest BCUT2D eigenvalue weighted by Gasteiger charge is -2.26. The maximum atomic E-state index is 12.9. The molecule has 0 saturated carbocycles. The third-order valence-electron chi connectivity index (χ3n) is 4.32. The minimum absolute atomic E-state index is 0.225. The van der Waals surface area contributed by atoms with Gasteiger partial charge in [0.15, 0.2) is 0 Å². The molecule has 27 heavy (non-hydrogen) atoms. The Labute approximate surface area is 159 Å². The van der Waals surface area contributed by atoms with Crippen LogP contribution in [0.5, 0.6) is 11.5 Å². The van der Waals surface area contributed by atoms with Gasteiger partial charge in [0, 0.05) is 29.5 Å². The maximum absolute atomic E-state index is 12.9. The lowest BCUT2D eigenvalue weighted by atomic mass is 10.1. The number of hydrogen-bond donors (Lipinski definition) is 0. The molecule has 0 spiro atoms. The first-order valence-electron chi connectivity index (χ1n) is 8.17. The predicted octanol–water partition coefficient (Wildman–Crippen LogP) is 4.61. The van der Waals surface area contributed by atoms with E-state index in [0.717, 1.165) is 23.4 Å². The third-order valence-corrected chi connectivity index (χ3v) is 5.56. The van der Waals surface area contributed by atoms with E-state index >= 15 is 0 Å². The standard InChI is InChI=1S/C19H18F3NO3S/c1-25-14-7-8-15(16(11-14)26-2)18-23(9-10-27-18)17(24)12-3-5-13(6-4-12)19(20,21)22/h3-8,11,18H,9-10H2,1-2H3/t18-/m0/s1. The molecule has 1 fully saturated rings. The van der Waals surface area contributed by atoms with E-state index < -0.39 is 11.7 Å². The topological polar surface area (TPSA) is 38.8 Å². The zero-order chi connectivity index (χ0) is 19.6. The van der Waals surface area contributed by atoms with E-state index in [9.17, 15) is 18.0 Å². The van der Waals surface area contributed by atoms with Crippen molar-refractivity contribution in [3.05, 3.63) is 59.2 Å². The van der Waals surface area contributed by atoms with Gasteiger partial charge >= 0.3 is 6.18 Å². The Morgan fingerprint density at radius 2 is 1.81 bits per heavy atom. The van der Waals surface area contributed by atoms with Crippen LogP contribution in [0.1, 0.15) is 26.9 Å². The normalized spacial score (nSPS) is 17.1. The van der Waals surface area contributed by atoms with E-state index in [1.807, 2.05) is 6.07 Å². The van der Waals surface area contributed by atoms with Crippen LogP contribution in [0, 0.1) is 0 Å². The molecular formula is C19H18F3NO3S. The molecule has 8 heteroatoms. The first kappa shape index (κ1) is 19.4. The van der Waals surface area contributed by atoms with Crippen molar-refractivity contribution >= 4 is 17.7 Å². The van der Waals surface area contributed by atoms with Gasteiger partial charge < -0.3 is 14.4 Å². The number of nitrogens with zero attached hydrogens (tertiary/aromatic N) is 1. The number of alkyl halides is 3. The highest BCUT2D eigenvalue weighted by atomic mass is 32.2. The van der Waals surface area contributed by atoms with Gasteiger partial charge in [0.2, 0.25) is 0 Å². The van der Waals surface area contributed by atoms with Crippen molar-refractivity contribution in [3.8, 4) is 11.5 Å². The van der Waals surface area contributed by atoms with Crippen molar-refractivity contribution in [2.75, 3.05) is 26.5 Å². The average Bonchev–Trinajstić information content (AvgIpc) is 3.15.